The molecule has 0 amide bonds. The minimum atomic E-state index is -0.281. The van der Waals surface area contributed by atoms with Gasteiger partial charge >= 0.3 is 0 Å². The zero-order chi connectivity index (χ0) is 8.10. The van der Waals surface area contributed by atoms with E-state index in [0.717, 1.165) is 19.5 Å². The summed E-state index contributed by atoms with van der Waals surface area (Å²) in [5.41, 5.74) is 0. The number of hydrogen-bond donors (Lipinski definition) is 2. The van der Waals surface area contributed by atoms with Crippen LogP contribution in [0.5, 0.6) is 0 Å². The lowest BCUT2D eigenvalue weighted by Crippen LogP contribution is -2.19. The number of nitrogens with one attached hydrogen (secondary N) is 1. The molecule has 0 radical (unpaired) electrons. The molecule has 1 heterocycles. The minimum Gasteiger partial charge on any atom is -0.391 e. The SMILES string of the molecule is O[C@@H](COI)CC1CCNC1. The molecular formula is C7H14INO2. The summed E-state index contributed by atoms with van der Waals surface area (Å²) in [6.07, 6.45) is 1.78. The van der Waals surface area contributed by atoms with Gasteiger partial charge in [-0.15, -0.1) is 0 Å². The summed E-state index contributed by atoms with van der Waals surface area (Å²) in [5, 5.41) is 12.6. The van der Waals surface area contributed by atoms with Gasteiger partial charge in [0, 0.05) is 0 Å². The molecule has 0 spiro atoms. The average molecular weight is 271 g/mol. The van der Waals surface area contributed by atoms with Crippen molar-refractivity contribution >= 4 is 23.0 Å². The third-order valence-electron chi connectivity index (χ3n) is 2.02. The van der Waals surface area contributed by atoms with Crippen LogP contribution in [0.15, 0.2) is 0 Å². The molecule has 2 atom stereocenters. The van der Waals surface area contributed by atoms with Crippen LogP contribution >= 0.6 is 23.0 Å². The second-order valence-corrected chi connectivity index (χ2v) is 3.65. The van der Waals surface area contributed by atoms with Crippen LogP contribution in [0.25, 0.3) is 0 Å². The largest absolute Gasteiger partial charge is 0.391 e. The fourth-order valence-electron chi connectivity index (χ4n) is 1.44. The van der Waals surface area contributed by atoms with Crippen LogP contribution in [0, 0.1) is 5.92 Å². The Hall–Kier alpha value is 0.610. The molecule has 0 saturated carbocycles. The van der Waals surface area contributed by atoms with Gasteiger partial charge in [0.05, 0.1) is 12.7 Å². The number of hydrogen-bond acceptors (Lipinski definition) is 3. The van der Waals surface area contributed by atoms with Crippen molar-refractivity contribution < 1.29 is 8.17 Å². The second kappa shape index (κ2) is 5.29. The lowest BCUT2D eigenvalue weighted by Gasteiger charge is -2.12. The van der Waals surface area contributed by atoms with Crippen LogP contribution in [-0.4, -0.2) is 30.9 Å². The van der Waals surface area contributed by atoms with Crippen molar-refractivity contribution in [3.05, 3.63) is 0 Å². The van der Waals surface area contributed by atoms with Crippen LogP contribution < -0.4 is 5.32 Å². The summed E-state index contributed by atoms with van der Waals surface area (Å²) < 4.78 is 4.81. The first-order valence-corrected chi connectivity index (χ1v) is 4.83. The summed E-state index contributed by atoms with van der Waals surface area (Å²) in [6.45, 7) is 2.61. The second-order valence-electron chi connectivity index (χ2n) is 3.02. The Labute approximate surface area is 81.2 Å². The number of halogens is 1. The van der Waals surface area contributed by atoms with Crippen molar-refractivity contribution in [1.29, 1.82) is 0 Å². The van der Waals surface area contributed by atoms with Gasteiger partial charge in [0.15, 0.2) is 0 Å². The van der Waals surface area contributed by atoms with Gasteiger partial charge < -0.3 is 13.5 Å². The molecule has 1 fully saturated rings. The summed E-state index contributed by atoms with van der Waals surface area (Å²) in [5.74, 6) is 0.650. The summed E-state index contributed by atoms with van der Waals surface area (Å²) in [6, 6.07) is 0. The number of aliphatic hydroxyl groups excluding tert-OH is 1. The summed E-state index contributed by atoms with van der Waals surface area (Å²) >= 11 is 1.81. The smallest absolute Gasteiger partial charge is 0.109 e. The maximum absolute atomic E-state index is 9.35. The Morgan fingerprint density at radius 2 is 2.55 bits per heavy atom. The van der Waals surface area contributed by atoms with E-state index in [1.807, 2.05) is 23.0 Å². The average Bonchev–Trinajstić information content (AvgIpc) is 2.40. The van der Waals surface area contributed by atoms with E-state index in [0.29, 0.717) is 12.5 Å². The Bertz CT molecular complexity index is 107. The van der Waals surface area contributed by atoms with Crippen molar-refractivity contribution in [2.24, 2.45) is 5.92 Å². The highest BCUT2D eigenvalue weighted by Gasteiger charge is 2.18. The Kier molecular flexibility index (Phi) is 4.66. The zero-order valence-electron chi connectivity index (χ0n) is 6.42. The fourth-order valence-corrected chi connectivity index (χ4v) is 1.86. The Balaban J connectivity index is 2.08. The van der Waals surface area contributed by atoms with Crippen LogP contribution in [-0.2, 0) is 3.07 Å². The van der Waals surface area contributed by atoms with E-state index < -0.39 is 0 Å². The van der Waals surface area contributed by atoms with Gasteiger partial charge in [-0.05, 0) is 31.8 Å². The molecule has 1 aliphatic rings. The monoisotopic (exact) mass is 271 g/mol. The van der Waals surface area contributed by atoms with E-state index in [4.69, 9.17) is 3.07 Å². The third-order valence-corrected chi connectivity index (χ3v) is 2.38. The van der Waals surface area contributed by atoms with Gasteiger partial charge in [0.1, 0.15) is 23.0 Å². The first-order valence-electron chi connectivity index (χ1n) is 3.95. The van der Waals surface area contributed by atoms with E-state index in [9.17, 15) is 5.11 Å². The molecule has 1 aliphatic heterocycles. The topological polar surface area (TPSA) is 41.5 Å². The Morgan fingerprint density at radius 3 is 3.09 bits per heavy atom. The summed E-state index contributed by atoms with van der Waals surface area (Å²) in [7, 11) is 0. The molecule has 1 rings (SSSR count). The molecule has 0 bridgehead atoms. The predicted molar refractivity (Wildman–Crippen MR) is 51.6 cm³/mol. The molecule has 0 aliphatic carbocycles. The summed E-state index contributed by atoms with van der Waals surface area (Å²) in [4.78, 5) is 0. The molecular weight excluding hydrogens is 257 g/mol. The van der Waals surface area contributed by atoms with Crippen LogP contribution in [0.1, 0.15) is 12.8 Å². The van der Waals surface area contributed by atoms with E-state index >= 15 is 0 Å². The highest BCUT2D eigenvalue weighted by Crippen LogP contribution is 2.14. The van der Waals surface area contributed by atoms with Crippen molar-refractivity contribution in [3.8, 4) is 0 Å². The van der Waals surface area contributed by atoms with E-state index in [1.165, 1.54) is 6.42 Å². The highest BCUT2D eigenvalue weighted by atomic mass is 127. The van der Waals surface area contributed by atoms with Crippen molar-refractivity contribution in [1.82, 2.24) is 5.32 Å². The molecule has 4 heteroatoms. The molecule has 11 heavy (non-hydrogen) atoms. The van der Waals surface area contributed by atoms with Gasteiger partial charge in [0.2, 0.25) is 0 Å². The maximum atomic E-state index is 9.35. The predicted octanol–water partition coefficient (Wildman–Crippen LogP) is 0.714. The lowest BCUT2D eigenvalue weighted by atomic mass is 10.0. The maximum Gasteiger partial charge on any atom is 0.109 e. The molecule has 0 aromatic carbocycles. The highest BCUT2D eigenvalue weighted by molar-refractivity contribution is 14.1. The normalized spacial score (nSPS) is 27.3. The first kappa shape index (κ1) is 9.70. The van der Waals surface area contributed by atoms with Crippen molar-refractivity contribution in [2.45, 2.75) is 18.9 Å². The van der Waals surface area contributed by atoms with Gasteiger partial charge in [-0.1, -0.05) is 0 Å². The zero-order valence-corrected chi connectivity index (χ0v) is 8.58. The van der Waals surface area contributed by atoms with E-state index in [1.54, 1.807) is 0 Å². The van der Waals surface area contributed by atoms with Gasteiger partial charge in [0.25, 0.3) is 0 Å². The molecule has 2 N–H and O–H groups in total. The molecule has 0 aromatic rings. The quantitative estimate of drug-likeness (QED) is 0.740. The number of rotatable bonds is 4. The molecule has 1 unspecified atom stereocenters. The van der Waals surface area contributed by atoms with Crippen LogP contribution in [0.2, 0.25) is 0 Å². The van der Waals surface area contributed by atoms with Gasteiger partial charge in [-0.3, -0.25) is 0 Å². The Morgan fingerprint density at radius 1 is 1.73 bits per heavy atom. The van der Waals surface area contributed by atoms with Crippen molar-refractivity contribution in [3.63, 3.8) is 0 Å². The minimum absolute atomic E-state index is 0.281. The van der Waals surface area contributed by atoms with Gasteiger partial charge in [-0.25, -0.2) is 0 Å². The van der Waals surface area contributed by atoms with Crippen LogP contribution in [0.4, 0.5) is 0 Å². The van der Waals surface area contributed by atoms with Crippen molar-refractivity contribution in [2.75, 3.05) is 19.7 Å². The molecule has 66 valence electrons. The first-order chi connectivity index (χ1) is 5.33. The molecule has 3 nitrogen and oxygen atoms in total. The molecule has 0 aromatic heterocycles. The number of aliphatic hydroxyl groups is 1. The van der Waals surface area contributed by atoms with Crippen LogP contribution in [0.3, 0.4) is 0 Å². The lowest BCUT2D eigenvalue weighted by molar-refractivity contribution is 0.106. The van der Waals surface area contributed by atoms with Gasteiger partial charge in [-0.2, -0.15) is 0 Å². The standard InChI is InChI=1S/C7H14INO2/c8-11-5-7(10)3-6-1-2-9-4-6/h6-7,9-10H,1-5H2/t6?,7-/m1/s1. The van der Waals surface area contributed by atoms with E-state index in [-0.39, 0.29) is 6.10 Å². The third kappa shape index (κ3) is 3.68. The molecule has 1 saturated heterocycles. The fraction of sp³-hybridized carbons (Fsp3) is 1.00. The van der Waals surface area contributed by atoms with E-state index in [2.05, 4.69) is 5.32 Å².